The number of halogens is 1. The second kappa shape index (κ2) is 7.29. The fourth-order valence-electron chi connectivity index (χ4n) is 3.22. The van der Waals surface area contributed by atoms with Gasteiger partial charge in [0.1, 0.15) is 0 Å². The van der Waals surface area contributed by atoms with Gasteiger partial charge in [-0.2, -0.15) is 0 Å². The van der Waals surface area contributed by atoms with E-state index in [1.165, 1.54) is 0 Å². The number of hydrogen-bond acceptors (Lipinski definition) is 2. The largest absolute Gasteiger partial charge is 0.366 e. The van der Waals surface area contributed by atoms with E-state index in [0.29, 0.717) is 27.4 Å². The summed E-state index contributed by atoms with van der Waals surface area (Å²) in [6.45, 7) is 5.61. The van der Waals surface area contributed by atoms with Gasteiger partial charge in [-0.05, 0) is 68.8 Å². The monoisotopic (exact) mass is 381 g/mol. The van der Waals surface area contributed by atoms with Crippen molar-refractivity contribution in [1.82, 2.24) is 4.57 Å². The molecular weight excluding hydrogens is 362 g/mol. The van der Waals surface area contributed by atoms with E-state index in [0.717, 1.165) is 17.1 Å². The molecule has 5 nitrogen and oxygen atoms in total. The standard InChI is InChI=1S/C21H20ClN3O2/c1-12-9-16(7-8-18(12)20(23)26)24-21(27)19-10-13(2)25(14(19)3)17-6-4-5-15(22)11-17/h4-11H,1-3H3,(H2,23,26)(H,24,27). The molecule has 0 radical (unpaired) electrons. The lowest BCUT2D eigenvalue weighted by atomic mass is 10.1. The fourth-order valence-corrected chi connectivity index (χ4v) is 3.41. The number of hydrogen-bond donors (Lipinski definition) is 2. The summed E-state index contributed by atoms with van der Waals surface area (Å²) >= 11 is 6.10. The molecule has 6 heteroatoms. The molecule has 0 aliphatic carbocycles. The Bertz CT molecular complexity index is 1050. The summed E-state index contributed by atoms with van der Waals surface area (Å²) in [6, 6.07) is 14.3. The maximum Gasteiger partial charge on any atom is 0.257 e. The minimum atomic E-state index is -0.490. The molecule has 1 aromatic heterocycles. The van der Waals surface area contributed by atoms with Crippen LogP contribution in [0.3, 0.4) is 0 Å². The van der Waals surface area contributed by atoms with Gasteiger partial charge < -0.3 is 15.6 Å². The first-order chi connectivity index (χ1) is 12.8. The summed E-state index contributed by atoms with van der Waals surface area (Å²) in [5, 5.41) is 3.51. The molecule has 27 heavy (non-hydrogen) atoms. The molecule has 0 spiro atoms. The lowest BCUT2D eigenvalue weighted by Crippen LogP contribution is -2.15. The summed E-state index contributed by atoms with van der Waals surface area (Å²) in [5.74, 6) is -0.710. The molecule has 0 unspecified atom stereocenters. The van der Waals surface area contributed by atoms with Crippen LogP contribution < -0.4 is 11.1 Å². The molecule has 138 valence electrons. The van der Waals surface area contributed by atoms with Gasteiger partial charge in [0.25, 0.3) is 5.91 Å². The van der Waals surface area contributed by atoms with Gasteiger partial charge >= 0.3 is 0 Å². The molecule has 1 heterocycles. The fraction of sp³-hybridized carbons (Fsp3) is 0.143. The maximum absolute atomic E-state index is 12.8. The molecule has 0 aliphatic rings. The van der Waals surface area contributed by atoms with Crippen LogP contribution in [0.1, 0.15) is 37.7 Å². The Kier molecular flexibility index (Phi) is 5.06. The number of nitrogens with one attached hydrogen (secondary N) is 1. The number of rotatable bonds is 4. The lowest BCUT2D eigenvalue weighted by Gasteiger charge is -2.11. The Balaban J connectivity index is 1.91. The van der Waals surface area contributed by atoms with Gasteiger partial charge in [0, 0.05) is 33.3 Å². The number of aryl methyl sites for hydroxylation is 2. The van der Waals surface area contributed by atoms with Crippen LogP contribution in [0.5, 0.6) is 0 Å². The van der Waals surface area contributed by atoms with E-state index in [1.807, 2.05) is 48.7 Å². The van der Waals surface area contributed by atoms with E-state index >= 15 is 0 Å². The van der Waals surface area contributed by atoms with Gasteiger partial charge in [-0.15, -0.1) is 0 Å². The van der Waals surface area contributed by atoms with Crippen molar-refractivity contribution in [3.63, 3.8) is 0 Å². The lowest BCUT2D eigenvalue weighted by molar-refractivity contribution is 0.0997. The van der Waals surface area contributed by atoms with Crippen molar-refractivity contribution in [2.24, 2.45) is 5.73 Å². The van der Waals surface area contributed by atoms with Crippen molar-refractivity contribution in [2.75, 3.05) is 5.32 Å². The first kappa shape index (κ1) is 18.7. The number of nitrogens with zero attached hydrogens (tertiary/aromatic N) is 1. The maximum atomic E-state index is 12.8. The van der Waals surface area contributed by atoms with Crippen molar-refractivity contribution in [3.8, 4) is 5.69 Å². The van der Waals surface area contributed by atoms with Crippen LogP contribution in [0, 0.1) is 20.8 Å². The molecule has 3 rings (SSSR count). The Hall–Kier alpha value is -3.05. The SMILES string of the molecule is Cc1cc(NC(=O)c2cc(C)n(-c3cccc(Cl)c3)c2C)ccc1C(N)=O. The van der Waals surface area contributed by atoms with Gasteiger partial charge in [0.05, 0.1) is 5.56 Å². The highest BCUT2D eigenvalue weighted by Gasteiger charge is 2.17. The zero-order chi connectivity index (χ0) is 19.7. The van der Waals surface area contributed by atoms with Gasteiger partial charge in [-0.1, -0.05) is 17.7 Å². The number of anilines is 1. The third-order valence-electron chi connectivity index (χ3n) is 4.49. The summed E-state index contributed by atoms with van der Waals surface area (Å²) in [6.07, 6.45) is 0. The topological polar surface area (TPSA) is 77.1 Å². The third-order valence-corrected chi connectivity index (χ3v) is 4.73. The summed E-state index contributed by atoms with van der Waals surface area (Å²) in [4.78, 5) is 24.1. The number of benzene rings is 2. The van der Waals surface area contributed by atoms with Crippen LogP contribution in [0.15, 0.2) is 48.5 Å². The Labute approximate surface area is 162 Å². The first-order valence-electron chi connectivity index (χ1n) is 8.44. The van der Waals surface area contributed by atoms with Crippen LogP contribution in [0.25, 0.3) is 5.69 Å². The molecule has 0 saturated heterocycles. The van der Waals surface area contributed by atoms with Crippen molar-refractivity contribution < 1.29 is 9.59 Å². The summed E-state index contributed by atoms with van der Waals surface area (Å²) < 4.78 is 1.99. The van der Waals surface area contributed by atoms with E-state index in [9.17, 15) is 9.59 Å². The average Bonchev–Trinajstić information content (AvgIpc) is 2.89. The third kappa shape index (κ3) is 3.73. The molecule has 0 saturated carbocycles. The smallest absolute Gasteiger partial charge is 0.257 e. The van der Waals surface area contributed by atoms with Crippen molar-refractivity contribution in [3.05, 3.63) is 81.6 Å². The molecular formula is C21H20ClN3O2. The number of nitrogens with two attached hydrogens (primary N) is 1. The Morgan fingerprint density at radius 2 is 1.74 bits per heavy atom. The van der Waals surface area contributed by atoms with Crippen LogP contribution in [-0.2, 0) is 0 Å². The number of carbonyl (C=O) groups is 2. The predicted octanol–water partition coefficient (Wildman–Crippen LogP) is 4.41. The van der Waals surface area contributed by atoms with Gasteiger partial charge in [-0.25, -0.2) is 0 Å². The number of carbonyl (C=O) groups excluding carboxylic acids is 2. The first-order valence-corrected chi connectivity index (χ1v) is 8.82. The predicted molar refractivity (Wildman–Crippen MR) is 108 cm³/mol. The molecule has 0 fully saturated rings. The van der Waals surface area contributed by atoms with Crippen LogP contribution >= 0.6 is 11.6 Å². The molecule has 2 aromatic carbocycles. The highest BCUT2D eigenvalue weighted by molar-refractivity contribution is 6.30. The quantitative estimate of drug-likeness (QED) is 0.702. The van der Waals surface area contributed by atoms with E-state index < -0.39 is 5.91 Å². The molecule has 0 bridgehead atoms. The number of aromatic nitrogens is 1. The molecule has 0 aliphatic heterocycles. The normalized spacial score (nSPS) is 10.7. The van der Waals surface area contributed by atoms with E-state index in [-0.39, 0.29) is 5.91 Å². The highest BCUT2D eigenvalue weighted by atomic mass is 35.5. The molecule has 3 aromatic rings. The van der Waals surface area contributed by atoms with E-state index in [2.05, 4.69) is 5.32 Å². The molecule has 2 amide bonds. The van der Waals surface area contributed by atoms with Crippen LogP contribution in [0.2, 0.25) is 5.02 Å². The molecule has 0 atom stereocenters. The number of primary amides is 1. The van der Waals surface area contributed by atoms with Gasteiger partial charge in [0.15, 0.2) is 0 Å². The van der Waals surface area contributed by atoms with E-state index in [4.69, 9.17) is 17.3 Å². The van der Waals surface area contributed by atoms with Gasteiger partial charge in [0.2, 0.25) is 5.91 Å². The zero-order valence-corrected chi connectivity index (χ0v) is 16.1. The van der Waals surface area contributed by atoms with Crippen molar-refractivity contribution in [2.45, 2.75) is 20.8 Å². The van der Waals surface area contributed by atoms with Crippen molar-refractivity contribution in [1.29, 1.82) is 0 Å². The van der Waals surface area contributed by atoms with Crippen LogP contribution in [0.4, 0.5) is 5.69 Å². The minimum Gasteiger partial charge on any atom is -0.366 e. The van der Waals surface area contributed by atoms with Crippen LogP contribution in [-0.4, -0.2) is 16.4 Å². The Morgan fingerprint density at radius 1 is 1.00 bits per heavy atom. The average molecular weight is 382 g/mol. The minimum absolute atomic E-state index is 0.220. The highest BCUT2D eigenvalue weighted by Crippen LogP contribution is 2.24. The zero-order valence-electron chi connectivity index (χ0n) is 15.3. The Morgan fingerprint density at radius 3 is 2.37 bits per heavy atom. The van der Waals surface area contributed by atoms with Crippen molar-refractivity contribution >= 4 is 29.1 Å². The van der Waals surface area contributed by atoms with Gasteiger partial charge in [-0.3, -0.25) is 9.59 Å². The summed E-state index contributed by atoms with van der Waals surface area (Å²) in [5.41, 5.74) is 10.3. The van der Waals surface area contributed by atoms with E-state index in [1.54, 1.807) is 25.1 Å². The molecule has 3 N–H and O–H groups in total. The second-order valence-electron chi connectivity index (χ2n) is 6.45. The second-order valence-corrected chi connectivity index (χ2v) is 6.88. The summed E-state index contributed by atoms with van der Waals surface area (Å²) in [7, 11) is 0. The number of amides is 2.